The van der Waals surface area contributed by atoms with Gasteiger partial charge in [0.05, 0.1) is 8.07 Å². The zero-order valence-corrected chi connectivity index (χ0v) is 11.2. The summed E-state index contributed by atoms with van der Waals surface area (Å²) < 4.78 is 0. The second-order valence-corrected chi connectivity index (χ2v) is 10.3. The van der Waals surface area contributed by atoms with Crippen molar-refractivity contribution in [3.05, 3.63) is 54.6 Å². The summed E-state index contributed by atoms with van der Waals surface area (Å²) in [5, 5.41) is 1.52. The van der Waals surface area contributed by atoms with E-state index in [-0.39, 0.29) is 0 Å². The predicted molar refractivity (Wildman–Crippen MR) is 74.9 cm³/mol. The van der Waals surface area contributed by atoms with Crippen molar-refractivity contribution in [3.8, 4) is 11.1 Å². The van der Waals surface area contributed by atoms with Gasteiger partial charge in [0.2, 0.25) is 0 Å². The average molecular weight is 226 g/mol. The molecule has 1 heteroatoms. The highest BCUT2D eigenvalue weighted by atomic mass is 28.3. The lowest BCUT2D eigenvalue weighted by atomic mass is 10.1. The first kappa shape index (κ1) is 11.2. The number of hydrogen-bond donors (Lipinski definition) is 0. The molecule has 0 saturated carbocycles. The van der Waals surface area contributed by atoms with Crippen LogP contribution in [0.25, 0.3) is 11.1 Å². The molecule has 0 unspecified atom stereocenters. The SMILES string of the molecule is C[Si](C)(C)c1cccc(-c2ccccc2)c1. The van der Waals surface area contributed by atoms with Crippen molar-refractivity contribution >= 4 is 13.3 Å². The number of benzene rings is 2. The Morgan fingerprint density at radius 3 is 1.94 bits per heavy atom. The lowest BCUT2D eigenvalue weighted by molar-refractivity contribution is 1.62. The van der Waals surface area contributed by atoms with E-state index in [1.807, 2.05) is 0 Å². The van der Waals surface area contributed by atoms with Crippen LogP contribution in [0.3, 0.4) is 0 Å². The van der Waals surface area contributed by atoms with E-state index in [2.05, 4.69) is 74.2 Å². The van der Waals surface area contributed by atoms with Gasteiger partial charge in [-0.15, -0.1) is 0 Å². The number of hydrogen-bond acceptors (Lipinski definition) is 0. The van der Waals surface area contributed by atoms with Crippen LogP contribution in [0.4, 0.5) is 0 Å². The average Bonchev–Trinajstić information content (AvgIpc) is 2.29. The van der Waals surface area contributed by atoms with Crippen LogP contribution < -0.4 is 5.19 Å². The second kappa shape index (κ2) is 4.26. The lowest BCUT2D eigenvalue weighted by Gasteiger charge is -2.17. The van der Waals surface area contributed by atoms with Crippen molar-refractivity contribution in [1.82, 2.24) is 0 Å². The Morgan fingerprint density at radius 1 is 0.688 bits per heavy atom. The molecule has 16 heavy (non-hydrogen) atoms. The topological polar surface area (TPSA) is 0 Å². The fourth-order valence-corrected chi connectivity index (χ4v) is 2.98. The maximum Gasteiger partial charge on any atom is 0.0776 e. The fourth-order valence-electron chi connectivity index (χ4n) is 1.80. The van der Waals surface area contributed by atoms with E-state index in [0.717, 1.165) is 0 Å². The molecule has 0 nitrogen and oxygen atoms in total. The van der Waals surface area contributed by atoms with E-state index in [9.17, 15) is 0 Å². The van der Waals surface area contributed by atoms with Gasteiger partial charge in [-0.3, -0.25) is 0 Å². The molecule has 0 heterocycles. The highest BCUT2D eigenvalue weighted by molar-refractivity contribution is 6.88. The zero-order valence-electron chi connectivity index (χ0n) is 10.2. The summed E-state index contributed by atoms with van der Waals surface area (Å²) >= 11 is 0. The molecule has 0 aromatic heterocycles. The van der Waals surface area contributed by atoms with Crippen molar-refractivity contribution in [2.24, 2.45) is 0 Å². The molecular weight excluding hydrogens is 208 g/mol. The van der Waals surface area contributed by atoms with Gasteiger partial charge in [0, 0.05) is 0 Å². The number of rotatable bonds is 2. The molecule has 0 N–H and O–H groups in total. The zero-order chi connectivity index (χ0) is 11.6. The second-order valence-electron chi connectivity index (χ2n) is 5.20. The van der Waals surface area contributed by atoms with E-state index in [1.54, 1.807) is 0 Å². The summed E-state index contributed by atoms with van der Waals surface area (Å²) in [6, 6.07) is 19.6. The normalized spacial score (nSPS) is 11.4. The summed E-state index contributed by atoms with van der Waals surface area (Å²) in [5.74, 6) is 0. The van der Waals surface area contributed by atoms with E-state index in [4.69, 9.17) is 0 Å². The molecule has 0 aliphatic rings. The molecule has 82 valence electrons. The molecule has 0 saturated heterocycles. The van der Waals surface area contributed by atoms with Crippen LogP contribution in [-0.4, -0.2) is 8.07 Å². The predicted octanol–water partition coefficient (Wildman–Crippen LogP) is 3.90. The summed E-state index contributed by atoms with van der Waals surface area (Å²) in [6.07, 6.45) is 0. The summed E-state index contributed by atoms with van der Waals surface area (Å²) in [7, 11) is -1.20. The van der Waals surface area contributed by atoms with Gasteiger partial charge in [0.1, 0.15) is 0 Å². The van der Waals surface area contributed by atoms with Crippen molar-refractivity contribution in [2.45, 2.75) is 19.6 Å². The third-order valence-electron chi connectivity index (χ3n) is 2.84. The van der Waals surface area contributed by atoms with Crippen LogP contribution in [0.15, 0.2) is 54.6 Å². The van der Waals surface area contributed by atoms with E-state index >= 15 is 0 Å². The van der Waals surface area contributed by atoms with Gasteiger partial charge >= 0.3 is 0 Å². The molecule has 0 spiro atoms. The first-order valence-corrected chi connectivity index (χ1v) is 9.23. The molecule has 0 radical (unpaired) electrons. The quantitative estimate of drug-likeness (QED) is 0.681. The Labute approximate surface area is 99.0 Å². The van der Waals surface area contributed by atoms with Crippen molar-refractivity contribution in [2.75, 3.05) is 0 Å². The Hall–Kier alpha value is -1.34. The van der Waals surface area contributed by atoms with Gasteiger partial charge in [0.15, 0.2) is 0 Å². The van der Waals surface area contributed by atoms with Crippen molar-refractivity contribution < 1.29 is 0 Å². The monoisotopic (exact) mass is 226 g/mol. The van der Waals surface area contributed by atoms with Crippen molar-refractivity contribution in [3.63, 3.8) is 0 Å². The minimum Gasteiger partial charge on any atom is -0.0656 e. The maximum atomic E-state index is 2.39. The highest BCUT2D eigenvalue weighted by Gasteiger charge is 2.16. The Morgan fingerprint density at radius 2 is 1.31 bits per heavy atom. The van der Waals surface area contributed by atoms with Crippen LogP contribution >= 0.6 is 0 Å². The third kappa shape index (κ3) is 2.42. The van der Waals surface area contributed by atoms with Crippen LogP contribution in [0, 0.1) is 0 Å². The minimum absolute atomic E-state index is 1.20. The van der Waals surface area contributed by atoms with Gasteiger partial charge in [-0.1, -0.05) is 79.4 Å². The smallest absolute Gasteiger partial charge is 0.0656 e. The van der Waals surface area contributed by atoms with Crippen molar-refractivity contribution in [1.29, 1.82) is 0 Å². The Bertz CT molecular complexity index is 466. The van der Waals surface area contributed by atoms with Crippen LogP contribution in [0.2, 0.25) is 19.6 Å². The van der Waals surface area contributed by atoms with Crippen LogP contribution in [-0.2, 0) is 0 Å². The molecule has 2 aromatic rings. The van der Waals surface area contributed by atoms with Crippen LogP contribution in [0.1, 0.15) is 0 Å². The minimum atomic E-state index is -1.20. The molecule has 2 rings (SSSR count). The maximum absolute atomic E-state index is 2.39. The Balaban J connectivity index is 2.45. The summed E-state index contributed by atoms with van der Waals surface area (Å²) in [4.78, 5) is 0. The molecular formula is C15H18Si. The standard InChI is InChI=1S/C15H18Si/c1-16(2,3)15-11-7-10-14(12-15)13-8-5-4-6-9-13/h4-12H,1-3H3. The fraction of sp³-hybridized carbons (Fsp3) is 0.200. The molecule has 0 bridgehead atoms. The third-order valence-corrected chi connectivity index (χ3v) is 4.88. The molecule has 0 atom stereocenters. The van der Waals surface area contributed by atoms with E-state index in [1.165, 1.54) is 16.3 Å². The van der Waals surface area contributed by atoms with Crippen LogP contribution in [0.5, 0.6) is 0 Å². The molecule has 0 amide bonds. The molecule has 0 aliphatic heterocycles. The lowest BCUT2D eigenvalue weighted by Crippen LogP contribution is -2.37. The van der Waals surface area contributed by atoms with E-state index in [0.29, 0.717) is 0 Å². The molecule has 2 aromatic carbocycles. The van der Waals surface area contributed by atoms with Gasteiger partial charge in [-0.2, -0.15) is 0 Å². The molecule has 0 fully saturated rings. The van der Waals surface area contributed by atoms with Gasteiger partial charge < -0.3 is 0 Å². The Kier molecular flexibility index (Phi) is 2.97. The highest BCUT2D eigenvalue weighted by Crippen LogP contribution is 2.18. The first-order valence-electron chi connectivity index (χ1n) is 5.73. The first-order chi connectivity index (χ1) is 7.57. The van der Waals surface area contributed by atoms with Gasteiger partial charge in [0.25, 0.3) is 0 Å². The molecule has 0 aliphatic carbocycles. The van der Waals surface area contributed by atoms with Gasteiger partial charge in [-0.25, -0.2) is 0 Å². The van der Waals surface area contributed by atoms with Gasteiger partial charge in [-0.05, 0) is 11.1 Å². The van der Waals surface area contributed by atoms with E-state index < -0.39 is 8.07 Å². The summed E-state index contributed by atoms with van der Waals surface area (Å²) in [5.41, 5.74) is 2.64. The largest absolute Gasteiger partial charge is 0.0776 e. The summed E-state index contributed by atoms with van der Waals surface area (Å²) in [6.45, 7) is 7.16.